The molecular formula is C36H34BrIN2O9S. The molecule has 1 aliphatic rings. The summed E-state index contributed by atoms with van der Waals surface area (Å²) >= 11 is 6.84. The number of esters is 2. The van der Waals surface area contributed by atoms with Crippen molar-refractivity contribution in [2.45, 2.75) is 33.4 Å². The average Bonchev–Trinajstić information content (AvgIpc) is 3.40. The van der Waals surface area contributed by atoms with Crippen LogP contribution in [0.2, 0.25) is 0 Å². The predicted octanol–water partition coefficient (Wildman–Crippen LogP) is 5.70. The van der Waals surface area contributed by atoms with E-state index in [4.69, 9.17) is 33.4 Å². The molecule has 0 saturated heterocycles. The van der Waals surface area contributed by atoms with Crippen LogP contribution in [0.5, 0.6) is 23.0 Å². The third-order valence-electron chi connectivity index (χ3n) is 7.52. The van der Waals surface area contributed by atoms with Crippen molar-refractivity contribution in [2.24, 2.45) is 4.99 Å². The summed E-state index contributed by atoms with van der Waals surface area (Å²) in [7, 11) is 2.84. The van der Waals surface area contributed by atoms with Gasteiger partial charge in [0.2, 0.25) is 0 Å². The largest absolute Gasteiger partial charge is 0.493 e. The van der Waals surface area contributed by atoms with Crippen molar-refractivity contribution in [3.05, 3.63) is 110 Å². The first-order valence-corrected chi connectivity index (χ1v) is 18.2. The van der Waals surface area contributed by atoms with Gasteiger partial charge in [-0.05, 0) is 97.0 Å². The number of nitrogens with zero attached hydrogens (tertiary/aromatic N) is 2. The van der Waals surface area contributed by atoms with E-state index in [1.54, 1.807) is 45.2 Å². The lowest BCUT2D eigenvalue weighted by molar-refractivity contribution is -0.143. The number of carbonyl (C=O) groups excluding carboxylic acids is 2. The van der Waals surface area contributed by atoms with E-state index in [0.717, 1.165) is 13.6 Å². The van der Waals surface area contributed by atoms with E-state index in [2.05, 4.69) is 38.5 Å². The molecule has 0 saturated carbocycles. The number of ether oxygens (including phenoxy) is 6. The Morgan fingerprint density at radius 1 is 0.980 bits per heavy atom. The number of hydrogen-bond donors (Lipinski definition) is 0. The maximum absolute atomic E-state index is 14.4. The number of methoxy groups -OCH3 is 2. The van der Waals surface area contributed by atoms with Crippen LogP contribution in [0.3, 0.4) is 0 Å². The lowest BCUT2D eigenvalue weighted by atomic mass is 9.95. The Balaban J connectivity index is 1.65. The number of allylic oxidation sites excluding steroid dienone is 1. The third-order valence-corrected chi connectivity index (χ3v) is 9.66. The smallest absolute Gasteiger partial charge is 0.343 e. The summed E-state index contributed by atoms with van der Waals surface area (Å²) in [6.07, 6.45) is 1.75. The van der Waals surface area contributed by atoms with Gasteiger partial charge in [-0.2, -0.15) is 0 Å². The van der Waals surface area contributed by atoms with Gasteiger partial charge < -0.3 is 28.4 Å². The Bertz CT molecular complexity index is 2130. The molecule has 0 N–H and O–H groups in total. The SMILES string of the molecule is CCOC(=O)C1=C(C)N=c2s/c(=C/c3cc(I)cc(OC)c3OCc3ccc(Br)cc3)c(=O)n2[C@@H]1c1ccc(OCC(=O)OC)c(OCC)c1. The van der Waals surface area contributed by atoms with E-state index in [9.17, 15) is 14.4 Å². The van der Waals surface area contributed by atoms with Crippen LogP contribution in [0.1, 0.15) is 43.5 Å². The van der Waals surface area contributed by atoms with E-state index in [0.29, 0.717) is 55.8 Å². The molecule has 0 spiro atoms. The van der Waals surface area contributed by atoms with Gasteiger partial charge in [0.15, 0.2) is 34.4 Å². The number of thiazole rings is 1. The van der Waals surface area contributed by atoms with Crippen molar-refractivity contribution < 1.29 is 38.0 Å². The minimum Gasteiger partial charge on any atom is -0.493 e. The molecule has 0 bridgehead atoms. The summed E-state index contributed by atoms with van der Waals surface area (Å²) in [5, 5.41) is 0. The van der Waals surface area contributed by atoms with Crippen molar-refractivity contribution in [3.63, 3.8) is 0 Å². The van der Waals surface area contributed by atoms with Crippen LogP contribution in [0.4, 0.5) is 0 Å². The first kappa shape index (κ1) is 37.1. The lowest BCUT2D eigenvalue weighted by Crippen LogP contribution is -2.40. The quantitative estimate of drug-likeness (QED) is 0.123. The molecule has 2 heterocycles. The van der Waals surface area contributed by atoms with Crippen molar-refractivity contribution in [1.29, 1.82) is 0 Å². The fourth-order valence-corrected chi connectivity index (χ4v) is 7.18. The maximum atomic E-state index is 14.4. The summed E-state index contributed by atoms with van der Waals surface area (Å²) in [5.74, 6) is 0.472. The molecule has 0 aliphatic carbocycles. The summed E-state index contributed by atoms with van der Waals surface area (Å²) in [4.78, 5) is 44.7. The van der Waals surface area contributed by atoms with Gasteiger partial charge >= 0.3 is 11.9 Å². The van der Waals surface area contributed by atoms with Gasteiger partial charge in [-0.15, -0.1) is 0 Å². The molecule has 4 aromatic rings. The highest BCUT2D eigenvalue weighted by Gasteiger charge is 2.34. The molecule has 14 heteroatoms. The average molecular weight is 878 g/mol. The van der Waals surface area contributed by atoms with Crippen LogP contribution >= 0.6 is 49.9 Å². The van der Waals surface area contributed by atoms with Crippen LogP contribution < -0.4 is 33.8 Å². The molecule has 11 nitrogen and oxygen atoms in total. The molecule has 50 heavy (non-hydrogen) atoms. The van der Waals surface area contributed by atoms with Crippen molar-refractivity contribution in [2.75, 3.05) is 34.0 Å². The Labute approximate surface area is 314 Å². The molecular weight excluding hydrogens is 843 g/mol. The van der Waals surface area contributed by atoms with Gasteiger partial charge in [0.25, 0.3) is 5.56 Å². The minimum atomic E-state index is -0.903. The van der Waals surface area contributed by atoms with Crippen LogP contribution in [-0.2, 0) is 25.7 Å². The first-order valence-electron chi connectivity index (χ1n) is 15.5. The van der Waals surface area contributed by atoms with E-state index >= 15 is 0 Å². The zero-order chi connectivity index (χ0) is 35.9. The highest BCUT2D eigenvalue weighted by atomic mass is 127. The van der Waals surface area contributed by atoms with Gasteiger partial charge in [0, 0.05) is 13.6 Å². The number of benzene rings is 3. The van der Waals surface area contributed by atoms with Crippen molar-refractivity contribution >= 4 is 67.9 Å². The number of carbonyl (C=O) groups is 2. The van der Waals surface area contributed by atoms with Crippen LogP contribution in [0, 0.1) is 3.57 Å². The second kappa shape index (κ2) is 16.7. The van der Waals surface area contributed by atoms with Gasteiger partial charge in [-0.3, -0.25) is 9.36 Å². The molecule has 0 amide bonds. The van der Waals surface area contributed by atoms with E-state index in [-0.39, 0.29) is 31.0 Å². The zero-order valence-electron chi connectivity index (χ0n) is 27.9. The Morgan fingerprint density at radius 2 is 1.74 bits per heavy atom. The standard InChI is InChI=1S/C36H34BrIN2O9S/c1-6-46-27-15-22(10-13-26(27)48-19-30(41)45-5)32-31(35(43)47-7-2)20(3)39-36-40(32)34(42)29(50-36)16-23-14-25(38)17-28(44-4)33(23)49-18-21-8-11-24(37)12-9-21/h8-17,32H,6-7,18-19H2,1-5H3/b29-16+/t32-/m1/s1. The summed E-state index contributed by atoms with van der Waals surface area (Å²) in [5.41, 5.74) is 2.41. The third kappa shape index (κ3) is 8.24. The second-order valence-electron chi connectivity index (χ2n) is 10.7. The van der Waals surface area contributed by atoms with Crippen molar-refractivity contribution in [3.8, 4) is 23.0 Å². The molecule has 3 aromatic carbocycles. The lowest BCUT2D eigenvalue weighted by Gasteiger charge is -2.25. The molecule has 1 aliphatic heterocycles. The zero-order valence-corrected chi connectivity index (χ0v) is 32.5. The Kier molecular flexibility index (Phi) is 12.4. The number of rotatable bonds is 13. The van der Waals surface area contributed by atoms with Crippen LogP contribution in [-0.4, -0.2) is 50.5 Å². The molecule has 0 unspecified atom stereocenters. The normalized spacial score (nSPS) is 14.1. The maximum Gasteiger partial charge on any atom is 0.343 e. The highest BCUT2D eigenvalue weighted by molar-refractivity contribution is 14.1. The topological polar surface area (TPSA) is 124 Å². The van der Waals surface area contributed by atoms with Gasteiger partial charge in [-0.25, -0.2) is 14.6 Å². The summed E-state index contributed by atoms with van der Waals surface area (Å²) < 4.78 is 37.4. The fourth-order valence-electron chi connectivity index (χ4n) is 5.26. The summed E-state index contributed by atoms with van der Waals surface area (Å²) in [6.45, 7) is 5.62. The van der Waals surface area contributed by atoms with E-state index < -0.39 is 18.0 Å². The molecule has 1 aromatic heterocycles. The van der Waals surface area contributed by atoms with Gasteiger partial charge in [0.1, 0.15) is 6.61 Å². The monoisotopic (exact) mass is 876 g/mol. The molecule has 0 fully saturated rings. The fraction of sp³-hybridized carbons (Fsp3) is 0.278. The Morgan fingerprint density at radius 3 is 2.42 bits per heavy atom. The number of hydrogen-bond acceptors (Lipinski definition) is 11. The molecule has 0 radical (unpaired) electrons. The molecule has 5 rings (SSSR count). The summed E-state index contributed by atoms with van der Waals surface area (Å²) in [6, 6.07) is 15.7. The molecule has 262 valence electrons. The van der Waals surface area contributed by atoms with Crippen molar-refractivity contribution in [1.82, 2.24) is 4.57 Å². The molecule has 1 atom stereocenters. The highest BCUT2D eigenvalue weighted by Crippen LogP contribution is 2.37. The first-order chi connectivity index (χ1) is 24.1. The minimum absolute atomic E-state index is 0.134. The van der Waals surface area contributed by atoms with Crippen LogP contribution in [0.25, 0.3) is 6.08 Å². The number of halogens is 2. The van der Waals surface area contributed by atoms with Gasteiger partial charge in [0.05, 0.1) is 49.3 Å². The Hall–Kier alpha value is -4.15. The van der Waals surface area contributed by atoms with Gasteiger partial charge in [-0.1, -0.05) is 45.5 Å². The van der Waals surface area contributed by atoms with E-state index in [1.165, 1.54) is 23.0 Å². The predicted molar refractivity (Wildman–Crippen MR) is 200 cm³/mol. The second-order valence-corrected chi connectivity index (χ2v) is 13.9. The van der Waals surface area contributed by atoms with E-state index in [1.807, 2.05) is 43.3 Å². The number of aromatic nitrogens is 1. The number of fused-ring (bicyclic) bond motifs is 1. The van der Waals surface area contributed by atoms with Crippen LogP contribution in [0.15, 0.2) is 80.1 Å².